The molecule has 1 saturated carbocycles. The molecule has 1 aliphatic carbocycles. The zero-order valence-electron chi connectivity index (χ0n) is 14.0. The molecular weight excluding hydrogens is 378 g/mol. The van der Waals surface area contributed by atoms with Gasteiger partial charge < -0.3 is 10.5 Å². The summed E-state index contributed by atoms with van der Waals surface area (Å²) in [5.74, 6) is -1.34. The van der Waals surface area contributed by atoms with Gasteiger partial charge in [-0.15, -0.1) is 0 Å². The molecule has 2 N–H and O–H groups in total. The molecule has 3 atom stereocenters. The Labute approximate surface area is 158 Å². The number of carbonyl (C=O) groups is 1. The van der Waals surface area contributed by atoms with Crippen LogP contribution in [0, 0.1) is 11.7 Å². The van der Waals surface area contributed by atoms with Crippen molar-refractivity contribution in [1.29, 1.82) is 0 Å². The van der Waals surface area contributed by atoms with Crippen molar-refractivity contribution in [2.24, 2.45) is 16.6 Å². The Morgan fingerprint density at radius 1 is 1.37 bits per heavy atom. The molecule has 3 heterocycles. The maximum absolute atomic E-state index is 14.5. The average Bonchev–Trinajstić information content (AvgIpc) is 3.43. The summed E-state index contributed by atoms with van der Waals surface area (Å²) in [7, 11) is 0. The second-order valence-electron chi connectivity index (χ2n) is 6.60. The Kier molecular flexibility index (Phi) is 4.30. The van der Waals surface area contributed by atoms with E-state index >= 15 is 0 Å². The van der Waals surface area contributed by atoms with E-state index in [9.17, 15) is 13.6 Å². The maximum atomic E-state index is 14.5. The number of halogens is 3. The molecular formula is C18H15ClF2N4O2. The lowest BCUT2D eigenvalue weighted by atomic mass is 9.89. The highest BCUT2D eigenvalue weighted by Gasteiger charge is 2.60. The predicted molar refractivity (Wildman–Crippen MR) is 93.7 cm³/mol. The third-order valence-electron chi connectivity index (χ3n) is 4.80. The number of carbonyl (C=O) groups excluding carboxylic acids is 1. The molecule has 6 nitrogen and oxygen atoms in total. The summed E-state index contributed by atoms with van der Waals surface area (Å²) in [6, 6.07) is 5.41. The molecule has 1 fully saturated rings. The summed E-state index contributed by atoms with van der Waals surface area (Å²) >= 11 is 5.77. The third kappa shape index (κ3) is 3.14. The molecule has 1 aliphatic heterocycles. The van der Waals surface area contributed by atoms with Crippen molar-refractivity contribution in [2.75, 3.05) is 6.67 Å². The van der Waals surface area contributed by atoms with Crippen molar-refractivity contribution in [2.45, 2.75) is 24.5 Å². The first-order chi connectivity index (χ1) is 12.9. The number of ketones is 1. The predicted octanol–water partition coefficient (Wildman–Crippen LogP) is 2.59. The molecule has 0 bridgehead atoms. The number of nitrogens with zero attached hydrogens (tertiary/aromatic N) is 3. The van der Waals surface area contributed by atoms with Crippen molar-refractivity contribution in [3.05, 3.63) is 58.4 Å². The molecule has 140 valence electrons. The first-order valence-electron chi connectivity index (χ1n) is 8.31. The number of hydrogen-bond donors (Lipinski definition) is 1. The summed E-state index contributed by atoms with van der Waals surface area (Å²) in [5, 5.41) is 0.410. The molecule has 0 aromatic carbocycles. The number of amidine groups is 1. The Bertz CT molecular complexity index is 937. The van der Waals surface area contributed by atoms with Crippen LogP contribution in [0.3, 0.4) is 0 Å². The number of aliphatic imine (C=N–C) groups is 1. The van der Waals surface area contributed by atoms with Crippen LogP contribution in [0.15, 0.2) is 35.5 Å². The van der Waals surface area contributed by atoms with Crippen LogP contribution in [0.2, 0.25) is 5.02 Å². The van der Waals surface area contributed by atoms with E-state index in [2.05, 4.69) is 15.0 Å². The van der Waals surface area contributed by atoms with Crippen LogP contribution in [-0.2, 0) is 16.7 Å². The monoisotopic (exact) mass is 392 g/mol. The highest BCUT2D eigenvalue weighted by Crippen LogP contribution is 2.53. The van der Waals surface area contributed by atoms with Gasteiger partial charge in [-0.3, -0.25) is 14.8 Å². The first-order valence-corrected chi connectivity index (χ1v) is 8.69. The number of Topliss-reactive ketones (excluding diaryl/α,β-unsaturated/α-hetero) is 1. The Balaban J connectivity index is 1.66. The van der Waals surface area contributed by atoms with E-state index in [1.165, 1.54) is 18.3 Å². The van der Waals surface area contributed by atoms with E-state index in [1.54, 1.807) is 6.07 Å². The largest absolute Gasteiger partial charge is 0.462 e. The van der Waals surface area contributed by atoms with E-state index in [1.807, 2.05) is 0 Å². The van der Waals surface area contributed by atoms with Crippen molar-refractivity contribution in [1.82, 2.24) is 9.97 Å². The van der Waals surface area contributed by atoms with Crippen molar-refractivity contribution < 1.29 is 18.3 Å². The van der Waals surface area contributed by atoms with Crippen LogP contribution in [0.25, 0.3) is 0 Å². The summed E-state index contributed by atoms with van der Waals surface area (Å²) in [6.45, 7) is -0.960. The van der Waals surface area contributed by atoms with Crippen LogP contribution < -0.4 is 5.73 Å². The van der Waals surface area contributed by atoms with Gasteiger partial charge >= 0.3 is 0 Å². The topological polar surface area (TPSA) is 90.5 Å². The normalized spacial score (nSPS) is 26.0. The fourth-order valence-corrected chi connectivity index (χ4v) is 3.48. The van der Waals surface area contributed by atoms with E-state index in [4.69, 9.17) is 22.1 Å². The van der Waals surface area contributed by atoms with Gasteiger partial charge in [-0.05, 0) is 30.7 Å². The SMILES string of the molecule is NC1=N[C@](CF)(c2nc(CC(=O)c3ccc(Cl)cn3)ccc2F)[C@H]2C[C@H]2O1. The minimum absolute atomic E-state index is 0.117. The van der Waals surface area contributed by atoms with Crippen molar-refractivity contribution in [3.63, 3.8) is 0 Å². The van der Waals surface area contributed by atoms with E-state index in [0.29, 0.717) is 17.1 Å². The number of pyridine rings is 2. The summed E-state index contributed by atoms with van der Waals surface area (Å²) in [4.78, 5) is 24.6. The van der Waals surface area contributed by atoms with Gasteiger partial charge in [-0.25, -0.2) is 13.8 Å². The molecule has 4 rings (SSSR count). The van der Waals surface area contributed by atoms with Crippen LogP contribution in [0.4, 0.5) is 8.78 Å². The van der Waals surface area contributed by atoms with Gasteiger partial charge in [0, 0.05) is 17.8 Å². The quantitative estimate of drug-likeness (QED) is 0.790. The number of aromatic nitrogens is 2. The fraction of sp³-hybridized carbons (Fsp3) is 0.333. The molecule has 9 heteroatoms. The van der Waals surface area contributed by atoms with Gasteiger partial charge in [0.1, 0.15) is 35.5 Å². The Morgan fingerprint density at radius 2 is 2.19 bits per heavy atom. The van der Waals surface area contributed by atoms with E-state index < -0.39 is 18.0 Å². The molecule has 0 radical (unpaired) electrons. The fourth-order valence-electron chi connectivity index (χ4n) is 3.37. The van der Waals surface area contributed by atoms with Gasteiger partial charge in [0.2, 0.25) is 0 Å². The lowest BCUT2D eigenvalue weighted by Crippen LogP contribution is -2.40. The van der Waals surface area contributed by atoms with Gasteiger partial charge in [0.15, 0.2) is 5.78 Å². The Morgan fingerprint density at radius 3 is 2.89 bits per heavy atom. The van der Waals surface area contributed by atoms with Crippen molar-refractivity contribution >= 4 is 23.4 Å². The zero-order valence-corrected chi connectivity index (χ0v) is 14.8. The number of hydrogen-bond acceptors (Lipinski definition) is 6. The molecule has 2 aromatic rings. The van der Waals surface area contributed by atoms with Crippen LogP contribution in [-0.4, -0.2) is 34.6 Å². The number of rotatable bonds is 5. The number of ether oxygens (including phenoxy) is 1. The van der Waals surface area contributed by atoms with Crippen LogP contribution in [0.1, 0.15) is 28.3 Å². The smallest absolute Gasteiger partial charge is 0.283 e. The van der Waals surface area contributed by atoms with Crippen LogP contribution >= 0.6 is 11.6 Å². The molecule has 0 saturated heterocycles. The summed E-state index contributed by atoms with van der Waals surface area (Å²) in [5.41, 5.74) is 4.46. The van der Waals surface area contributed by atoms with Crippen LogP contribution in [0.5, 0.6) is 0 Å². The van der Waals surface area contributed by atoms with E-state index in [-0.39, 0.29) is 41.6 Å². The summed E-state index contributed by atoms with van der Waals surface area (Å²) in [6.07, 6.45) is 1.48. The molecule has 27 heavy (non-hydrogen) atoms. The van der Waals surface area contributed by atoms with Crippen molar-refractivity contribution in [3.8, 4) is 0 Å². The first kappa shape index (κ1) is 17.8. The molecule has 0 unspecified atom stereocenters. The third-order valence-corrected chi connectivity index (χ3v) is 5.02. The maximum Gasteiger partial charge on any atom is 0.283 e. The number of nitrogens with two attached hydrogens (primary N) is 1. The highest BCUT2D eigenvalue weighted by atomic mass is 35.5. The molecule has 0 spiro atoms. The minimum atomic E-state index is -1.52. The van der Waals surface area contributed by atoms with Gasteiger partial charge in [-0.1, -0.05) is 11.6 Å². The Hall–Kier alpha value is -2.61. The lowest BCUT2D eigenvalue weighted by molar-refractivity contribution is 0.0986. The zero-order chi connectivity index (χ0) is 19.2. The van der Waals surface area contributed by atoms with Gasteiger partial charge in [0.25, 0.3) is 6.02 Å². The highest BCUT2D eigenvalue weighted by molar-refractivity contribution is 6.30. The average molecular weight is 393 g/mol. The van der Waals surface area contributed by atoms with Gasteiger partial charge in [0.05, 0.1) is 11.4 Å². The standard InChI is InChI=1S/C18H15ClF2N4O2/c19-9-1-4-13(23-7-9)14(26)5-10-2-3-12(21)16(24-10)18(8-20)11-6-15(11)27-17(22)25-18/h1-4,7,11,15H,5-6,8H2,(H2,22,25)/t11-,15+,18-/m0/s1. The summed E-state index contributed by atoms with van der Waals surface area (Å²) < 4.78 is 33.8. The number of alkyl halides is 1. The molecule has 2 aromatic heterocycles. The second kappa shape index (κ2) is 6.53. The molecule has 2 aliphatic rings. The molecule has 0 amide bonds. The number of fused-ring (bicyclic) bond motifs is 1. The van der Waals surface area contributed by atoms with Gasteiger partial charge in [-0.2, -0.15) is 0 Å². The minimum Gasteiger partial charge on any atom is -0.462 e. The second-order valence-corrected chi connectivity index (χ2v) is 7.04. The lowest BCUT2D eigenvalue weighted by Gasteiger charge is -2.30. The van der Waals surface area contributed by atoms with E-state index in [0.717, 1.165) is 6.07 Å².